The first-order valence-electron chi connectivity index (χ1n) is 10.7. The van der Waals surface area contributed by atoms with Crippen LogP contribution in [0, 0.1) is 11.8 Å². The number of carboxylic acids is 2. The summed E-state index contributed by atoms with van der Waals surface area (Å²) in [5.41, 5.74) is 0.931. The van der Waals surface area contributed by atoms with Gasteiger partial charge in [0, 0.05) is 6.42 Å². The topological polar surface area (TPSA) is 165 Å². The summed E-state index contributed by atoms with van der Waals surface area (Å²) in [6, 6.07) is 2.75. The number of fused-ring (bicyclic) bond motifs is 1. The zero-order valence-electron chi connectivity index (χ0n) is 19.0. The van der Waals surface area contributed by atoms with Gasteiger partial charge < -0.3 is 26.2 Å². The maximum absolute atomic E-state index is 13.3. The van der Waals surface area contributed by atoms with E-state index in [9.17, 15) is 29.1 Å². The number of nitrogens with one attached hydrogen (secondary N) is 3. The molecule has 0 spiro atoms. The van der Waals surface area contributed by atoms with E-state index in [1.54, 1.807) is 52.0 Å². The van der Waals surface area contributed by atoms with Crippen LogP contribution >= 0.6 is 0 Å². The second-order valence-corrected chi connectivity index (χ2v) is 8.57. The summed E-state index contributed by atoms with van der Waals surface area (Å²) in [6.07, 6.45) is -0.740. The van der Waals surface area contributed by atoms with Crippen molar-refractivity contribution in [3.8, 4) is 0 Å². The largest absolute Gasteiger partial charge is 0.481 e. The van der Waals surface area contributed by atoms with E-state index in [1.807, 2.05) is 0 Å². The first-order chi connectivity index (χ1) is 15.4. The lowest BCUT2D eigenvalue weighted by atomic mass is 9.97. The Morgan fingerprint density at radius 1 is 1.06 bits per heavy atom. The fourth-order valence-corrected chi connectivity index (χ4v) is 3.62. The predicted octanol–water partition coefficient (Wildman–Crippen LogP) is 1.64. The zero-order chi connectivity index (χ0) is 24.9. The molecule has 0 saturated carbocycles. The molecule has 1 aromatic rings. The van der Waals surface area contributed by atoms with Crippen LogP contribution < -0.4 is 20.9 Å². The molecular formula is C22H30N4O7. The standard InChI is InChI=1S/C22H30N4O7/c1-11(2)17(19(29)24-14(21(31)32)9-10-16(27)28)25-22(33)26-15-8-6-5-7-13(15)23-20(30)18(26)12(3)4/h5-8,11-12,14,17-18H,9-10H2,1-4H3,(H,23,30)(H,24,29)(H,25,33)(H,27,28)(H,31,32)/t14-,17-,18-/m0/s1. The number of benzene rings is 1. The SMILES string of the molecule is CC(C)[C@H](NC(=O)N1c2ccccc2NC(=O)[C@@H]1C(C)C)C(=O)N[C@@H](CCC(=O)O)C(=O)O. The third-order valence-corrected chi connectivity index (χ3v) is 5.31. The molecule has 1 heterocycles. The molecule has 33 heavy (non-hydrogen) atoms. The van der Waals surface area contributed by atoms with Gasteiger partial charge in [-0.3, -0.25) is 19.3 Å². The lowest BCUT2D eigenvalue weighted by molar-refractivity contribution is -0.143. The highest BCUT2D eigenvalue weighted by atomic mass is 16.4. The number of nitrogens with zero attached hydrogens (tertiary/aromatic N) is 1. The Hall–Kier alpha value is -3.63. The van der Waals surface area contributed by atoms with Gasteiger partial charge >= 0.3 is 18.0 Å². The number of carboxylic acid groups (broad SMARTS) is 2. The van der Waals surface area contributed by atoms with Crippen molar-refractivity contribution in [1.82, 2.24) is 10.6 Å². The van der Waals surface area contributed by atoms with Gasteiger partial charge in [0.1, 0.15) is 18.1 Å². The Labute approximate surface area is 191 Å². The summed E-state index contributed by atoms with van der Waals surface area (Å²) >= 11 is 0. The third kappa shape index (κ3) is 6.21. The van der Waals surface area contributed by atoms with Gasteiger partial charge in [-0.05, 0) is 30.4 Å². The number of rotatable bonds is 9. The number of anilines is 2. The van der Waals surface area contributed by atoms with Gasteiger partial charge in [0.15, 0.2) is 0 Å². The maximum Gasteiger partial charge on any atom is 0.326 e. The third-order valence-electron chi connectivity index (χ3n) is 5.31. The number of carbonyl (C=O) groups is 5. The molecule has 5 N–H and O–H groups in total. The Bertz CT molecular complexity index is 931. The van der Waals surface area contributed by atoms with Crippen LogP contribution in [0.3, 0.4) is 0 Å². The minimum Gasteiger partial charge on any atom is -0.481 e. The van der Waals surface area contributed by atoms with Crippen LogP contribution in [0.4, 0.5) is 16.2 Å². The van der Waals surface area contributed by atoms with Crippen molar-refractivity contribution < 1.29 is 34.2 Å². The van der Waals surface area contributed by atoms with Crippen molar-refractivity contribution in [3.63, 3.8) is 0 Å². The van der Waals surface area contributed by atoms with Crippen LogP contribution in [-0.4, -0.2) is 58.1 Å². The highest BCUT2D eigenvalue weighted by Gasteiger charge is 2.40. The molecule has 11 nitrogen and oxygen atoms in total. The summed E-state index contributed by atoms with van der Waals surface area (Å²) in [7, 11) is 0. The second kappa shape index (κ2) is 10.8. The first kappa shape index (κ1) is 25.6. The highest BCUT2D eigenvalue weighted by molar-refractivity contribution is 6.12. The molecule has 0 unspecified atom stereocenters. The molecule has 0 saturated heterocycles. The van der Waals surface area contributed by atoms with Gasteiger partial charge in [-0.25, -0.2) is 9.59 Å². The van der Waals surface area contributed by atoms with Gasteiger partial charge in [-0.15, -0.1) is 0 Å². The van der Waals surface area contributed by atoms with E-state index < -0.39 is 54.3 Å². The van der Waals surface area contributed by atoms with Crippen molar-refractivity contribution in [2.24, 2.45) is 11.8 Å². The van der Waals surface area contributed by atoms with E-state index in [0.717, 1.165) is 0 Å². The molecule has 1 aromatic carbocycles. The van der Waals surface area contributed by atoms with E-state index in [2.05, 4.69) is 16.0 Å². The molecule has 4 amide bonds. The fourth-order valence-electron chi connectivity index (χ4n) is 3.62. The Morgan fingerprint density at radius 2 is 1.70 bits per heavy atom. The van der Waals surface area contributed by atoms with Crippen LogP contribution in [-0.2, 0) is 19.2 Å². The molecule has 1 aliphatic heterocycles. The van der Waals surface area contributed by atoms with Gasteiger partial charge in [-0.2, -0.15) is 0 Å². The summed E-state index contributed by atoms with van der Waals surface area (Å²) in [5.74, 6) is -4.33. The average Bonchev–Trinajstić information content (AvgIpc) is 2.72. The van der Waals surface area contributed by atoms with Crippen LogP contribution in [0.25, 0.3) is 0 Å². The minimum absolute atomic E-state index is 0.233. The highest BCUT2D eigenvalue weighted by Crippen LogP contribution is 2.34. The van der Waals surface area contributed by atoms with E-state index in [0.29, 0.717) is 11.4 Å². The second-order valence-electron chi connectivity index (χ2n) is 8.57. The monoisotopic (exact) mass is 462 g/mol. The fraction of sp³-hybridized carbons (Fsp3) is 0.500. The van der Waals surface area contributed by atoms with Crippen LogP contribution in [0.15, 0.2) is 24.3 Å². The Kier molecular flexibility index (Phi) is 8.38. The normalized spacial score (nSPS) is 17.1. The van der Waals surface area contributed by atoms with Gasteiger partial charge in [0.2, 0.25) is 11.8 Å². The van der Waals surface area contributed by atoms with Crippen LogP contribution in [0.2, 0.25) is 0 Å². The molecule has 0 fully saturated rings. The summed E-state index contributed by atoms with van der Waals surface area (Å²) in [5, 5.41) is 25.9. The summed E-state index contributed by atoms with van der Waals surface area (Å²) < 4.78 is 0. The van der Waals surface area contributed by atoms with Gasteiger partial charge in [-0.1, -0.05) is 39.8 Å². The first-order valence-corrected chi connectivity index (χ1v) is 10.7. The smallest absolute Gasteiger partial charge is 0.326 e. The Morgan fingerprint density at radius 3 is 2.24 bits per heavy atom. The maximum atomic E-state index is 13.3. The minimum atomic E-state index is -1.42. The molecule has 0 aromatic heterocycles. The van der Waals surface area contributed by atoms with Crippen molar-refractivity contribution in [2.75, 3.05) is 10.2 Å². The number of urea groups is 1. The van der Waals surface area contributed by atoms with E-state index in [1.165, 1.54) is 4.90 Å². The number of aliphatic carboxylic acids is 2. The summed E-state index contributed by atoms with van der Waals surface area (Å²) in [4.78, 5) is 62.4. The molecule has 2 rings (SSSR count). The number of para-hydroxylation sites is 2. The van der Waals surface area contributed by atoms with Gasteiger partial charge in [0.25, 0.3) is 0 Å². The lowest BCUT2D eigenvalue weighted by Crippen LogP contribution is -2.61. The molecule has 0 aliphatic carbocycles. The van der Waals surface area contributed by atoms with Crippen molar-refractivity contribution >= 4 is 41.2 Å². The molecule has 0 bridgehead atoms. The Balaban J connectivity index is 2.28. The number of carbonyl (C=O) groups excluding carboxylic acids is 3. The molecule has 1 aliphatic rings. The molecule has 11 heteroatoms. The van der Waals surface area contributed by atoms with E-state index in [4.69, 9.17) is 5.11 Å². The van der Waals surface area contributed by atoms with E-state index in [-0.39, 0.29) is 18.2 Å². The average molecular weight is 463 g/mol. The number of hydrogen-bond acceptors (Lipinski definition) is 5. The number of amides is 4. The molecule has 0 radical (unpaired) electrons. The molecule has 180 valence electrons. The molecule has 3 atom stereocenters. The predicted molar refractivity (Wildman–Crippen MR) is 120 cm³/mol. The lowest BCUT2D eigenvalue weighted by Gasteiger charge is -2.39. The van der Waals surface area contributed by atoms with Crippen molar-refractivity contribution in [1.29, 1.82) is 0 Å². The van der Waals surface area contributed by atoms with Gasteiger partial charge in [0.05, 0.1) is 11.4 Å². The van der Waals surface area contributed by atoms with E-state index >= 15 is 0 Å². The van der Waals surface area contributed by atoms with Crippen molar-refractivity contribution in [2.45, 2.75) is 58.7 Å². The van der Waals surface area contributed by atoms with Crippen LogP contribution in [0.5, 0.6) is 0 Å². The van der Waals surface area contributed by atoms with Crippen LogP contribution in [0.1, 0.15) is 40.5 Å². The number of hydrogen-bond donors (Lipinski definition) is 5. The molecular weight excluding hydrogens is 432 g/mol. The summed E-state index contributed by atoms with van der Waals surface area (Å²) in [6.45, 7) is 6.94. The quantitative estimate of drug-likeness (QED) is 0.372. The van der Waals surface area contributed by atoms with Crippen molar-refractivity contribution in [3.05, 3.63) is 24.3 Å². The zero-order valence-corrected chi connectivity index (χ0v) is 19.0.